The number of amides is 4. The van der Waals surface area contributed by atoms with E-state index in [9.17, 15) is 19.2 Å². The van der Waals surface area contributed by atoms with Crippen molar-refractivity contribution in [2.75, 3.05) is 44.2 Å². The molecule has 0 bridgehead atoms. The molecule has 4 aliphatic rings. The molecule has 0 aromatic heterocycles. The maximum Gasteiger partial charge on any atom is 0.410 e. The number of hydrogen-bond donors (Lipinski definition) is 1. The number of rotatable bonds is 5. The quantitative estimate of drug-likeness (QED) is 0.518. The Labute approximate surface area is 253 Å². The Morgan fingerprint density at radius 1 is 1.07 bits per heavy atom. The average Bonchev–Trinajstić information content (AvgIpc) is 3.10. The van der Waals surface area contributed by atoms with Crippen LogP contribution >= 0.6 is 0 Å². The lowest BCUT2D eigenvalue weighted by Gasteiger charge is -2.42. The van der Waals surface area contributed by atoms with E-state index in [0.717, 1.165) is 39.0 Å². The van der Waals surface area contributed by atoms with Crippen molar-refractivity contribution in [2.45, 2.75) is 96.9 Å². The maximum absolute atomic E-state index is 15.6. The summed E-state index contributed by atoms with van der Waals surface area (Å²) in [5, 5.41) is 2.32. The smallest absolute Gasteiger partial charge is 0.410 e. The van der Waals surface area contributed by atoms with Gasteiger partial charge in [-0.1, -0.05) is 0 Å². The molecule has 0 aliphatic carbocycles. The molecule has 3 fully saturated rings. The number of carbonyl (C=O) groups excluding carboxylic acids is 4. The second-order valence-corrected chi connectivity index (χ2v) is 14.2. The van der Waals surface area contributed by atoms with Gasteiger partial charge in [-0.3, -0.25) is 34.4 Å². The molecule has 1 aromatic carbocycles. The molecule has 1 unspecified atom stereocenters. The van der Waals surface area contributed by atoms with Gasteiger partial charge in [0.25, 0.3) is 0 Å². The summed E-state index contributed by atoms with van der Waals surface area (Å²) in [5.74, 6) is -1.000. The van der Waals surface area contributed by atoms with Crippen LogP contribution in [0.3, 0.4) is 0 Å². The lowest BCUT2D eigenvalue weighted by Crippen LogP contribution is -2.55. The number of nitrogens with zero attached hydrogens (tertiary/aromatic N) is 4. The first kappa shape index (κ1) is 31.4. The van der Waals surface area contributed by atoms with Crippen LogP contribution in [0.15, 0.2) is 12.1 Å². The van der Waals surface area contributed by atoms with Gasteiger partial charge in [0.05, 0.1) is 11.1 Å². The molecule has 4 aliphatic heterocycles. The number of imide groups is 1. The summed E-state index contributed by atoms with van der Waals surface area (Å²) in [7, 11) is 0. The molecule has 4 amide bonds. The van der Waals surface area contributed by atoms with E-state index >= 15 is 4.39 Å². The predicted octanol–water partition coefficient (Wildman–Crippen LogP) is 3.41. The first-order valence-electron chi connectivity index (χ1n) is 15.6. The molecule has 1 aromatic rings. The average molecular weight is 600 g/mol. The lowest BCUT2D eigenvalue weighted by atomic mass is 9.85. The number of carbonyl (C=O) groups is 4. The minimum absolute atomic E-state index is 0.145. The second kappa shape index (κ2) is 11.8. The number of benzene rings is 1. The third kappa shape index (κ3) is 6.57. The molecule has 5 rings (SSSR count). The van der Waals surface area contributed by atoms with Crippen LogP contribution in [0.5, 0.6) is 0 Å². The van der Waals surface area contributed by atoms with Gasteiger partial charge in [-0.05, 0) is 84.4 Å². The fraction of sp³-hybridized carbons (Fsp3) is 0.688. The maximum atomic E-state index is 15.6. The van der Waals surface area contributed by atoms with Gasteiger partial charge >= 0.3 is 6.09 Å². The van der Waals surface area contributed by atoms with Crippen LogP contribution in [0.25, 0.3) is 0 Å². The zero-order valence-corrected chi connectivity index (χ0v) is 26.4. The van der Waals surface area contributed by atoms with Crippen LogP contribution in [0.1, 0.15) is 78.4 Å². The van der Waals surface area contributed by atoms with Gasteiger partial charge in [-0.2, -0.15) is 0 Å². The van der Waals surface area contributed by atoms with Gasteiger partial charge in [-0.15, -0.1) is 0 Å². The molecule has 0 radical (unpaired) electrons. The summed E-state index contributed by atoms with van der Waals surface area (Å²) >= 11 is 0. The van der Waals surface area contributed by atoms with Gasteiger partial charge < -0.3 is 9.64 Å². The fourth-order valence-corrected chi connectivity index (χ4v) is 6.87. The first-order valence-corrected chi connectivity index (χ1v) is 15.6. The largest absolute Gasteiger partial charge is 0.444 e. The fourth-order valence-electron chi connectivity index (χ4n) is 6.87. The number of anilines is 1. The Bertz CT molecular complexity index is 1290. The van der Waals surface area contributed by atoms with Crippen LogP contribution in [0.4, 0.5) is 14.9 Å². The van der Waals surface area contributed by atoms with E-state index in [0.29, 0.717) is 48.4 Å². The normalized spacial score (nSPS) is 25.6. The van der Waals surface area contributed by atoms with Crippen molar-refractivity contribution in [1.29, 1.82) is 0 Å². The second-order valence-electron chi connectivity index (χ2n) is 14.2. The van der Waals surface area contributed by atoms with Crippen molar-refractivity contribution in [2.24, 2.45) is 5.92 Å². The molecule has 0 saturated carbocycles. The van der Waals surface area contributed by atoms with Gasteiger partial charge in [0.2, 0.25) is 17.7 Å². The number of hydrogen-bond acceptors (Lipinski definition) is 7. The van der Waals surface area contributed by atoms with Crippen molar-refractivity contribution < 1.29 is 28.3 Å². The van der Waals surface area contributed by atoms with Gasteiger partial charge in [-0.25, -0.2) is 9.18 Å². The monoisotopic (exact) mass is 599 g/mol. The topological polar surface area (TPSA) is 102 Å². The van der Waals surface area contributed by atoms with Gasteiger partial charge in [0.15, 0.2) is 0 Å². The summed E-state index contributed by atoms with van der Waals surface area (Å²) in [6, 6.07) is 2.67. The number of likely N-dealkylation sites (tertiary alicyclic amines) is 1. The molecule has 236 valence electrons. The number of fused-ring (bicyclic) bond motifs is 1. The number of ether oxygens (including phenoxy) is 1. The molecule has 4 heterocycles. The van der Waals surface area contributed by atoms with Crippen LogP contribution in [0.2, 0.25) is 0 Å². The number of nitrogens with one attached hydrogen (secondary N) is 1. The minimum Gasteiger partial charge on any atom is -0.444 e. The van der Waals surface area contributed by atoms with Crippen LogP contribution in [-0.4, -0.2) is 95.5 Å². The minimum atomic E-state index is -0.912. The first-order chi connectivity index (χ1) is 20.1. The molecule has 0 spiro atoms. The van der Waals surface area contributed by atoms with Gasteiger partial charge in [0.1, 0.15) is 17.5 Å². The summed E-state index contributed by atoms with van der Waals surface area (Å²) in [5.41, 5.74) is 0.268. The van der Waals surface area contributed by atoms with Crippen LogP contribution in [0, 0.1) is 11.7 Å². The summed E-state index contributed by atoms with van der Waals surface area (Å²) in [4.78, 5) is 58.1. The Morgan fingerprint density at radius 2 is 1.77 bits per heavy atom. The zero-order valence-electron chi connectivity index (χ0n) is 26.4. The Hall–Kier alpha value is -3.05. The SMILES string of the molecule is C[C@H]1CN(Cc2cc3c(cc2F)N(C2CCC(=O)NC2=O)C(=O)C3(C)C)CCN1CC1CCN(C(=O)OC(C)(C)C)CC1. The van der Waals surface area contributed by atoms with Crippen molar-refractivity contribution >= 4 is 29.5 Å². The molecule has 2 atom stereocenters. The van der Waals surface area contributed by atoms with Crippen LogP contribution < -0.4 is 10.2 Å². The van der Waals surface area contributed by atoms with Crippen molar-refractivity contribution in [3.05, 3.63) is 29.1 Å². The molecule has 3 saturated heterocycles. The molecule has 11 heteroatoms. The highest BCUT2D eigenvalue weighted by Crippen LogP contribution is 2.45. The molecular weight excluding hydrogens is 553 g/mol. The molecular formula is C32H46FN5O5. The number of halogens is 1. The summed E-state index contributed by atoms with van der Waals surface area (Å²) in [6.07, 6.45) is 2.04. The number of piperazine rings is 1. The summed E-state index contributed by atoms with van der Waals surface area (Å²) in [6.45, 7) is 16.8. The third-order valence-corrected chi connectivity index (χ3v) is 9.37. The highest BCUT2D eigenvalue weighted by molar-refractivity contribution is 6.13. The van der Waals surface area contributed by atoms with Crippen LogP contribution in [-0.2, 0) is 31.1 Å². The van der Waals surface area contributed by atoms with E-state index in [1.807, 2.05) is 25.7 Å². The van der Waals surface area contributed by atoms with E-state index in [-0.39, 0.29) is 30.7 Å². The molecule has 1 N–H and O–H groups in total. The van der Waals surface area contributed by atoms with E-state index in [1.165, 1.54) is 11.0 Å². The number of piperidine rings is 2. The van der Waals surface area contributed by atoms with E-state index < -0.39 is 28.8 Å². The summed E-state index contributed by atoms with van der Waals surface area (Å²) < 4.78 is 21.1. The molecule has 43 heavy (non-hydrogen) atoms. The van der Waals surface area contributed by atoms with E-state index in [1.54, 1.807) is 19.9 Å². The van der Waals surface area contributed by atoms with Crippen molar-refractivity contribution in [3.8, 4) is 0 Å². The zero-order chi connectivity index (χ0) is 31.3. The van der Waals surface area contributed by atoms with Crippen molar-refractivity contribution in [1.82, 2.24) is 20.0 Å². The highest BCUT2D eigenvalue weighted by atomic mass is 19.1. The standard InChI is InChI=1S/C32H46FN5O5/c1-20-17-35(13-14-37(20)18-21-9-11-36(12-10-21)30(42)43-31(2,3)4)19-22-15-23-26(16-24(22)33)38(29(41)32(23,5)6)25-7-8-27(39)34-28(25)40/h15-16,20-21,25H,7-14,17-19H2,1-6H3,(H,34,39,40)/t20-,25?/m0/s1. The Morgan fingerprint density at radius 3 is 2.40 bits per heavy atom. The third-order valence-electron chi connectivity index (χ3n) is 9.37. The highest BCUT2D eigenvalue weighted by Gasteiger charge is 2.49. The Kier molecular flexibility index (Phi) is 8.61. The van der Waals surface area contributed by atoms with E-state index in [4.69, 9.17) is 4.74 Å². The predicted molar refractivity (Wildman–Crippen MR) is 160 cm³/mol. The molecule has 10 nitrogen and oxygen atoms in total. The van der Waals surface area contributed by atoms with Crippen molar-refractivity contribution in [3.63, 3.8) is 0 Å². The van der Waals surface area contributed by atoms with Gasteiger partial charge in [0, 0.05) is 63.8 Å². The Balaban J connectivity index is 1.19. The lowest BCUT2D eigenvalue weighted by molar-refractivity contribution is -0.136. The van der Waals surface area contributed by atoms with E-state index in [2.05, 4.69) is 22.0 Å².